The Hall–Kier alpha value is -1.33. The van der Waals surface area contributed by atoms with E-state index in [-0.39, 0.29) is 0 Å². The van der Waals surface area contributed by atoms with Crippen molar-refractivity contribution < 1.29 is 4.74 Å². The molecule has 5 heteroatoms. The largest absolute Gasteiger partial charge is 0.496 e. The molecule has 2 aromatic rings. The third kappa shape index (κ3) is 2.50. The molecule has 0 unspecified atom stereocenters. The maximum Gasteiger partial charge on any atom is 0.128 e. The molecule has 17 heavy (non-hydrogen) atoms. The van der Waals surface area contributed by atoms with Gasteiger partial charge in [-0.25, -0.2) is 4.98 Å². The third-order valence-electron chi connectivity index (χ3n) is 2.45. The van der Waals surface area contributed by atoms with E-state index < -0.39 is 0 Å². The number of ether oxygens (including phenoxy) is 1. The minimum atomic E-state index is 0.575. The van der Waals surface area contributed by atoms with Gasteiger partial charge in [0.05, 0.1) is 7.11 Å². The van der Waals surface area contributed by atoms with Gasteiger partial charge in [-0.1, -0.05) is 12.1 Å². The number of imidazole rings is 1. The summed E-state index contributed by atoms with van der Waals surface area (Å²) in [6.45, 7) is 0.575. The number of nitrogens with one attached hydrogen (secondary N) is 1. The van der Waals surface area contributed by atoms with Crippen LogP contribution in [0.4, 0.5) is 0 Å². The highest BCUT2D eigenvalue weighted by Crippen LogP contribution is 2.33. The molecule has 4 nitrogen and oxygen atoms in total. The van der Waals surface area contributed by atoms with Crippen LogP contribution in [0.3, 0.4) is 0 Å². The minimum absolute atomic E-state index is 0.575. The van der Waals surface area contributed by atoms with Gasteiger partial charge in [0.25, 0.3) is 0 Å². The fourth-order valence-corrected chi connectivity index (χ4v) is 2.20. The van der Waals surface area contributed by atoms with Crippen molar-refractivity contribution in [1.82, 2.24) is 9.97 Å². The van der Waals surface area contributed by atoms with Crippen LogP contribution in [0.1, 0.15) is 5.82 Å². The number of nitrogens with two attached hydrogens (primary N) is 1. The molecule has 1 heterocycles. The summed E-state index contributed by atoms with van der Waals surface area (Å²) in [6.07, 6.45) is 0.730. The summed E-state index contributed by atoms with van der Waals surface area (Å²) in [5.41, 5.74) is 7.33. The first kappa shape index (κ1) is 12.1. The van der Waals surface area contributed by atoms with Crippen molar-refractivity contribution in [3.63, 3.8) is 0 Å². The molecular formula is C12H14BrN3O. The number of methoxy groups -OCH3 is 1. The Kier molecular flexibility index (Phi) is 3.81. The van der Waals surface area contributed by atoms with Crippen molar-refractivity contribution in [1.29, 1.82) is 0 Å². The second-order valence-corrected chi connectivity index (χ2v) is 4.38. The molecule has 0 saturated carbocycles. The lowest BCUT2D eigenvalue weighted by molar-refractivity contribution is 0.416. The third-order valence-corrected chi connectivity index (χ3v) is 3.03. The first-order valence-corrected chi connectivity index (χ1v) is 6.13. The molecule has 0 spiro atoms. The number of para-hydroxylation sites is 1. The Morgan fingerprint density at radius 1 is 1.41 bits per heavy atom. The normalized spacial score (nSPS) is 10.5. The summed E-state index contributed by atoms with van der Waals surface area (Å²) in [4.78, 5) is 7.68. The van der Waals surface area contributed by atoms with Gasteiger partial charge in [-0.3, -0.25) is 0 Å². The molecule has 0 bridgehead atoms. The molecule has 0 aliphatic carbocycles. The molecular weight excluding hydrogens is 282 g/mol. The Morgan fingerprint density at radius 2 is 2.18 bits per heavy atom. The molecule has 3 N–H and O–H groups in total. The lowest BCUT2D eigenvalue weighted by Gasteiger charge is -2.05. The fraction of sp³-hybridized carbons (Fsp3) is 0.250. The number of nitrogens with zero attached hydrogens (tertiary/aromatic N) is 1. The highest BCUT2D eigenvalue weighted by Gasteiger charge is 2.13. The van der Waals surface area contributed by atoms with Crippen LogP contribution in [0.25, 0.3) is 11.3 Å². The quantitative estimate of drug-likeness (QED) is 0.910. The van der Waals surface area contributed by atoms with E-state index in [1.54, 1.807) is 7.11 Å². The highest BCUT2D eigenvalue weighted by atomic mass is 79.9. The summed E-state index contributed by atoms with van der Waals surface area (Å²) < 4.78 is 6.18. The molecule has 1 aromatic carbocycles. The van der Waals surface area contributed by atoms with Gasteiger partial charge in [0.2, 0.25) is 0 Å². The molecule has 2 rings (SSSR count). The van der Waals surface area contributed by atoms with Crippen molar-refractivity contribution in [2.24, 2.45) is 5.73 Å². The molecule has 0 saturated heterocycles. The first-order valence-electron chi connectivity index (χ1n) is 5.34. The van der Waals surface area contributed by atoms with Gasteiger partial charge < -0.3 is 15.5 Å². The first-order chi connectivity index (χ1) is 8.26. The maximum atomic E-state index is 5.51. The van der Waals surface area contributed by atoms with Gasteiger partial charge in [-0.05, 0) is 34.6 Å². The van der Waals surface area contributed by atoms with Crippen LogP contribution in [0.2, 0.25) is 0 Å². The number of aromatic amines is 1. The van der Waals surface area contributed by atoms with Crippen LogP contribution in [0, 0.1) is 0 Å². The van der Waals surface area contributed by atoms with E-state index in [9.17, 15) is 0 Å². The predicted octanol–water partition coefficient (Wildman–Crippen LogP) is 2.35. The summed E-state index contributed by atoms with van der Waals surface area (Å²) >= 11 is 3.47. The number of halogens is 1. The molecule has 0 radical (unpaired) electrons. The molecule has 0 amide bonds. The lowest BCUT2D eigenvalue weighted by Crippen LogP contribution is -2.03. The molecule has 0 aliphatic heterocycles. The van der Waals surface area contributed by atoms with Crippen LogP contribution in [-0.2, 0) is 6.42 Å². The average Bonchev–Trinajstić information content (AvgIpc) is 2.70. The maximum absolute atomic E-state index is 5.51. The zero-order valence-corrected chi connectivity index (χ0v) is 11.1. The van der Waals surface area contributed by atoms with Crippen LogP contribution in [0.15, 0.2) is 28.9 Å². The van der Waals surface area contributed by atoms with E-state index in [4.69, 9.17) is 10.5 Å². The summed E-state index contributed by atoms with van der Waals surface area (Å²) in [5, 5.41) is 0. The SMILES string of the molecule is COc1ccccc1-c1nc(CCN)[nH]c1Br. The average molecular weight is 296 g/mol. The second kappa shape index (κ2) is 5.33. The van der Waals surface area contributed by atoms with Gasteiger partial charge in [-0.15, -0.1) is 0 Å². The Balaban J connectivity index is 2.45. The predicted molar refractivity (Wildman–Crippen MR) is 71.0 cm³/mol. The van der Waals surface area contributed by atoms with E-state index in [0.29, 0.717) is 6.54 Å². The monoisotopic (exact) mass is 295 g/mol. The van der Waals surface area contributed by atoms with Gasteiger partial charge in [-0.2, -0.15) is 0 Å². The zero-order valence-electron chi connectivity index (χ0n) is 9.53. The Labute approximate surface area is 108 Å². The van der Waals surface area contributed by atoms with E-state index in [2.05, 4.69) is 25.9 Å². The number of benzene rings is 1. The van der Waals surface area contributed by atoms with Crippen LogP contribution in [-0.4, -0.2) is 23.6 Å². The van der Waals surface area contributed by atoms with Crippen LogP contribution >= 0.6 is 15.9 Å². The van der Waals surface area contributed by atoms with E-state index in [0.717, 1.165) is 33.9 Å². The van der Waals surface area contributed by atoms with Crippen LogP contribution in [0.5, 0.6) is 5.75 Å². The van der Waals surface area contributed by atoms with E-state index in [1.165, 1.54) is 0 Å². The second-order valence-electron chi connectivity index (χ2n) is 3.59. The highest BCUT2D eigenvalue weighted by molar-refractivity contribution is 9.10. The zero-order chi connectivity index (χ0) is 12.3. The van der Waals surface area contributed by atoms with Gasteiger partial charge in [0.15, 0.2) is 0 Å². The summed E-state index contributed by atoms with van der Waals surface area (Å²) in [5.74, 6) is 1.68. The van der Waals surface area contributed by atoms with Crippen molar-refractivity contribution in [2.75, 3.05) is 13.7 Å². The number of rotatable bonds is 4. The molecule has 0 atom stereocenters. The summed E-state index contributed by atoms with van der Waals surface area (Å²) in [6, 6.07) is 7.79. The van der Waals surface area contributed by atoms with Gasteiger partial charge >= 0.3 is 0 Å². The lowest BCUT2D eigenvalue weighted by atomic mass is 10.1. The minimum Gasteiger partial charge on any atom is -0.496 e. The van der Waals surface area contributed by atoms with Crippen LogP contribution < -0.4 is 10.5 Å². The Bertz CT molecular complexity index is 510. The smallest absolute Gasteiger partial charge is 0.128 e. The molecule has 0 aliphatic rings. The molecule has 0 fully saturated rings. The van der Waals surface area contributed by atoms with Crippen molar-refractivity contribution in [3.8, 4) is 17.0 Å². The van der Waals surface area contributed by atoms with Crippen molar-refractivity contribution in [2.45, 2.75) is 6.42 Å². The van der Waals surface area contributed by atoms with E-state index >= 15 is 0 Å². The fourth-order valence-electron chi connectivity index (χ4n) is 1.67. The van der Waals surface area contributed by atoms with Gasteiger partial charge in [0, 0.05) is 12.0 Å². The molecule has 1 aromatic heterocycles. The Morgan fingerprint density at radius 3 is 2.88 bits per heavy atom. The van der Waals surface area contributed by atoms with Gasteiger partial charge in [0.1, 0.15) is 21.9 Å². The number of H-pyrrole nitrogens is 1. The number of hydrogen-bond donors (Lipinski definition) is 2. The number of hydrogen-bond acceptors (Lipinski definition) is 3. The molecule has 90 valence electrons. The standard InChI is InChI=1S/C12H14BrN3O/c1-17-9-5-3-2-4-8(9)11-12(13)16-10(15-11)6-7-14/h2-5H,6-7,14H2,1H3,(H,15,16). The van der Waals surface area contributed by atoms with E-state index in [1.807, 2.05) is 24.3 Å². The van der Waals surface area contributed by atoms with Crippen molar-refractivity contribution >= 4 is 15.9 Å². The summed E-state index contributed by atoms with van der Waals surface area (Å²) in [7, 11) is 1.65. The van der Waals surface area contributed by atoms with Crippen molar-refractivity contribution in [3.05, 3.63) is 34.7 Å². The number of aromatic nitrogens is 2. The topological polar surface area (TPSA) is 63.9 Å².